The summed E-state index contributed by atoms with van der Waals surface area (Å²) in [5, 5.41) is 0. The van der Waals surface area contributed by atoms with E-state index in [2.05, 4.69) is 17.0 Å². The Labute approximate surface area is 109 Å². The number of methoxy groups -OCH3 is 1. The molecule has 0 amide bonds. The highest BCUT2D eigenvalue weighted by Crippen LogP contribution is 2.23. The molecule has 0 spiro atoms. The summed E-state index contributed by atoms with van der Waals surface area (Å²) in [4.78, 5) is 12.9. The number of hydrogen-bond donors (Lipinski definition) is 0. The number of ether oxygens (including phenoxy) is 1. The Morgan fingerprint density at radius 1 is 1.33 bits per heavy atom. The van der Waals surface area contributed by atoms with E-state index in [-0.39, 0.29) is 0 Å². The van der Waals surface area contributed by atoms with E-state index in [4.69, 9.17) is 4.74 Å². The van der Waals surface area contributed by atoms with Crippen LogP contribution < -0.4 is 4.74 Å². The first-order chi connectivity index (χ1) is 8.83. The van der Waals surface area contributed by atoms with Crippen molar-refractivity contribution >= 4 is 6.29 Å². The zero-order valence-electron chi connectivity index (χ0n) is 11.0. The maximum absolute atomic E-state index is 10.4. The second-order valence-corrected chi connectivity index (χ2v) is 4.83. The average Bonchev–Trinajstić information content (AvgIpc) is 2.89. The molecule has 3 heteroatoms. The number of carbonyl (C=O) groups excluding carboxylic acids is 1. The van der Waals surface area contributed by atoms with Gasteiger partial charge in [0.15, 0.2) is 0 Å². The summed E-state index contributed by atoms with van der Waals surface area (Å²) in [6.45, 7) is 3.32. The quantitative estimate of drug-likeness (QED) is 0.723. The lowest BCUT2D eigenvalue weighted by molar-refractivity contribution is -0.107. The van der Waals surface area contributed by atoms with Gasteiger partial charge in [0.2, 0.25) is 0 Å². The van der Waals surface area contributed by atoms with Gasteiger partial charge in [0, 0.05) is 18.5 Å². The molecular formula is C15H21NO2. The van der Waals surface area contributed by atoms with Crippen LogP contribution in [-0.4, -0.2) is 31.4 Å². The summed E-state index contributed by atoms with van der Waals surface area (Å²) in [6, 6.07) is 6.25. The van der Waals surface area contributed by atoms with Crippen molar-refractivity contribution in [1.82, 2.24) is 4.90 Å². The first kappa shape index (κ1) is 13.1. The van der Waals surface area contributed by atoms with Crippen LogP contribution in [0.1, 0.15) is 30.4 Å². The van der Waals surface area contributed by atoms with Crippen LogP contribution >= 0.6 is 0 Å². The van der Waals surface area contributed by atoms with Gasteiger partial charge in [-0.05, 0) is 44.0 Å². The highest BCUT2D eigenvalue weighted by Gasteiger charge is 2.14. The molecule has 18 heavy (non-hydrogen) atoms. The molecule has 1 aliphatic heterocycles. The number of likely N-dealkylation sites (tertiary alicyclic amines) is 1. The van der Waals surface area contributed by atoms with Crippen LogP contribution in [0.15, 0.2) is 18.2 Å². The van der Waals surface area contributed by atoms with Crippen LogP contribution in [0.2, 0.25) is 0 Å². The van der Waals surface area contributed by atoms with Gasteiger partial charge in [-0.25, -0.2) is 0 Å². The molecule has 0 aromatic heterocycles. The van der Waals surface area contributed by atoms with Crippen LogP contribution in [0.4, 0.5) is 0 Å². The van der Waals surface area contributed by atoms with Crippen molar-refractivity contribution in [2.45, 2.75) is 32.2 Å². The average molecular weight is 247 g/mol. The van der Waals surface area contributed by atoms with Crippen molar-refractivity contribution < 1.29 is 9.53 Å². The normalized spacial score (nSPS) is 15.8. The molecule has 1 saturated heterocycles. The number of nitrogens with zero attached hydrogens (tertiary/aromatic N) is 1. The van der Waals surface area contributed by atoms with Gasteiger partial charge in [-0.15, -0.1) is 0 Å². The van der Waals surface area contributed by atoms with Gasteiger partial charge in [0.05, 0.1) is 7.11 Å². The fraction of sp³-hybridized carbons (Fsp3) is 0.533. The fourth-order valence-electron chi connectivity index (χ4n) is 2.52. The van der Waals surface area contributed by atoms with E-state index in [0.29, 0.717) is 6.42 Å². The third-order valence-corrected chi connectivity index (χ3v) is 3.49. The Balaban J connectivity index is 2.10. The van der Waals surface area contributed by atoms with Crippen molar-refractivity contribution in [2.75, 3.05) is 20.2 Å². The van der Waals surface area contributed by atoms with Crippen molar-refractivity contribution in [2.24, 2.45) is 0 Å². The molecule has 0 unspecified atom stereocenters. The maximum Gasteiger partial charge on any atom is 0.123 e. The van der Waals surface area contributed by atoms with Gasteiger partial charge in [-0.1, -0.05) is 12.1 Å². The third kappa shape index (κ3) is 3.33. The molecule has 3 nitrogen and oxygen atoms in total. The molecule has 0 saturated carbocycles. The van der Waals surface area contributed by atoms with Crippen LogP contribution in [0.3, 0.4) is 0 Å². The number of rotatable bonds is 6. The van der Waals surface area contributed by atoms with E-state index in [1.165, 1.54) is 37.1 Å². The monoisotopic (exact) mass is 247 g/mol. The Morgan fingerprint density at radius 3 is 2.78 bits per heavy atom. The topological polar surface area (TPSA) is 29.5 Å². The van der Waals surface area contributed by atoms with Gasteiger partial charge in [-0.2, -0.15) is 0 Å². The third-order valence-electron chi connectivity index (χ3n) is 3.49. The zero-order valence-corrected chi connectivity index (χ0v) is 11.0. The molecule has 1 fully saturated rings. The van der Waals surface area contributed by atoms with Crippen molar-refractivity contribution in [3.8, 4) is 5.75 Å². The number of aldehydes is 1. The Hall–Kier alpha value is -1.35. The number of benzene rings is 1. The first-order valence-electron chi connectivity index (χ1n) is 6.65. The van der Waals surface area contributed by atoms with Gasteiger partial charge >= 0.3 is 0 Å². The predicted molar refractivity (Wildman–Crippen MR) is 71.9 cm³/mol. The SMILES string of the molecule is COc1ccc(CCC=O)cc1CN1CCCC1. The standard InChI is InChI=1S/C15H21NO2/c1-18-15-7-6-13(5-4-10-17)11-14(15)12-16-8-2-3-9-16/h6-7,10-11H,2-5,8-9,12H2,1H3. The molecule has 1 aromatic carbocycles. The lowest BCUT2D eigenvalue weighted by Gasteiger charge is -2.17. The van der Waals surface area contributed by atoms with E-state index in [0.717, 1.165) is 25.0 Å². The van der Waals surface area contributed by atoms with E-state index in [1.807, 2.05) is 6.07 Å². The summed E-state index contributed by atoms with van der Waals surface area (Å²) in [7, 11) is 1.72. The van der Waals surface area contributed by atoms with Crippen LogP contribution in [0.5, 0.6) is 5.75 Å². The highest BCUT2D eigenvalue weighted by atomic mass is 16.5. The Kier molecular flexibility index (Phi) is 4.76. The van der Waals surface area contributed by atoms with Crippen LogP contribution in [0.25, 0.3) is 0 Å². The lowest BCUT2D eigenvalue weighted by Crippen LogP contribution is -2.18. The molecule has 2 rings (SSSR count). The van der Waals surface area contributed by atoms with E-state index >= 15 is 0 Å². The second-order valence-electron chi connectivity index (χ2n) is 4.83. The van der Waals surface area contributed by atoms with E-state index in [1.54, 1.807) is 7.11 Å². The molecule has 0 N–H and O–H groups in total. The smallest absolute Gasteiger partial charge is 0.123 e. The van der Waals surface area contributed by atoms with Crippen LogP contribution in [-0.2, 0) is 17.8 Å². The molecule has 0 aliphatic carbocycles. The summed E-state index contributed by atoms with van der Waals surface area (Å²) < 4.78 is 5.42. The second kappa shape index (κ2) is 6.55. The van der Waals surface area contributed by atoms with Gasteiger partial charge in [0.25, 0.3) is 0 Å². The molecule has 1 aliphatic rings. The number of carbonyl (C=O) groups is 1. The van der Waals surface area contributed by atoms with Gasteiger partial charge in [0.1, 0.15) is 12.0 Å². The highest BCUT2D eigenvalue weighted by molar-refractivity contribution is 5.50. The van der Waals surface area contributed by atoms with Gasteiger partial charge in [-0.3, -0.25) is 4.90 Å². The van der Waals surface area contributed by atoms with Crippen molar-refractivity contribution in [3.05, 3.63) is 29.3 Å². The molecule has 1 heterocycles. The number of hydrogen-bond acceptors (Lipinski definition) is 3. The lowest BCUT2D eigenvalue weighted by atomic mass is 10.1. The summed E-state index contributed by atoms with van der Waals surface area (Å²) in [6.07, 6.45) is 4.99. The number of aryl methyl sites for hydroxylation is 1. The molecular weight excluding hydrogens is 226 g/mol. The van der Waals surface area contributed by atoms with Crippen molar-refractivity contribution in [1.29, 1.82) is 0 Å². The van der Waals surface area contributed by atoms with E-state index < -0.39 is 0 Å². The van der Waals surface area contributed by atoms with Crippen molar-refractivity contribution in [3.63, 3.8) is 0 Å². The Bertz CT molecular complexity index is 397. The predicted octanol–water partition coefficient (Wildman–Crippen LogP) is 2.42. The molecule has 0 atom stereocenters. The molecule has 98 valence electrons. The molecule has 0 bridgehead atoms. The largest absolute Gasteiger partial charge is 0.496 e. The maximum atomic E-state index is 10.4. The summed E-state index contributed by atoms with van der Waals surface area (Å²) in [5.74, 6) is 0.955. The Morgan fingerprint density at radius 2 is 2.11 bits per heavy atom. The summed E-state index contributed by atoms with van der Waals surface area (Å²) in [5.41, 5.74) is 2.46. The molecule has 1 aromatic rings. The minimum Gasteiger partial charge on any atom is -0.496 e. The zero-order chi connectivity index (χ0) is 12.8. The fourth-order valence-corrected chi connectivity index (χ4v) is 2.52. The summed E-state index contributed by atoms with van der Waals surface area (Å²) >= 11 is 0. The minimum atomic E-state index is 0.593. The minimum absolute atomic E-state index is 0.593. The van der Waals surface area contributed by atoms with Gasteiger partial charge < -0.3 is 9.53 Å². The van der Waals surface area contributed by atoms with Crippen LogP contribution in [0, 0.1) is 0 Å². The molecule has 0 radical (unpaired) electrons. The first-order valence-corrected chi connectivity index (χ1v) is 6.65. The van der Waals surface area contributed by atoms with E-state index in [9.17, 15) is 4.79 Å².